The molecule has 9 heteroatoms. The molecule has 0 saturated carbocycles. The van der Waals surface area contributed by atoms with Crippen molar-refractivity contribution in [1.82, 2.24) is 19.9 Å². The number of fused-ring (bicyclic) bond motifs is 3. The van der Waals surface area contributed by atoms with Crippen molar-refractivity contribution >= 4 is 28.6 Å². The number of anilines is 2. The molecule has 1 aliphatic heterocycles. The van der Waals surface area contributed by atoms with Gasteiger partial charge in [-0.2, -0.15) is 0 Å². The van der Waals surface area contributed by atoms with Gasteiger partial charge in [0.15, 0.2) is 5.82 Å². The Bertz CT molecular complexity index is 1280. The molecule has 5 rings (SSSR count). The topological polar surface area (TPSA) is 107 Å². The SMILES string of the molecule is Nc1ncnc2c3c(n(-c4ccc(NC(=O)NCCc5ccc(F)cc5)cc4)c12)COC3. The summed E-state index contributed by atoms with van der Waals surface area (Å²) < 4.78 is 20.6. The summed E-state index contributed by atoms with van der Waals surface area (Å²) >= 11 is 0. The molecule has 0 aliphatic carbocycles. The van der Waals surface area contributed by atoms with E-state index in [0.29, 0.717) is 37.7 Å². The lowest BCUT2D eigenvalue weighted by molar-refractivity contribution is 0.132. The molecule has 3 heterocycles. The molecule has 2 amide bonds. The maximum absolute atomic E-state index is 13.0. The molecule has 1 aliphatic rings. The maximum atomic E-state index is 13.0. The number of nitrogens with two attached hydrogens (primary N) is 1. The fourth-order valence-corrected chi connectivity index (χ4v) is 3.92. The number of benzene rings is 2. The molecule has 2 aromatic carbocycles. The van der Waals surface area contributed by atoms with Gasteiger partial charge >= 0.3 is 6.03 Å². The number of nitrogens with zero attached hydrogens (tertiary/aromatic N) is 3. The number of ether oxygens (including phenoxy) is 1. The highest BCUT2D eigenvalue weighted by Crippen LogP contribution is 2.35. The highest BCUT2D eigenvalue weighted by molar-refractivity contribution is 5.92. The average molecular weight is 432 g/mol. The van der Waals surface area contributed by atoms with Crippen LogP contribution in [0.15, 0.2) is 54.9 Å². The smallest absolute Gasteiger partial charge is 0.319 e. The van der Waals surface area contributed by atoms with Gasteiger partial charge in [0, 0.05) is 23.5 Å². The minimum Gasteiger partial charge on any atom is -0.382 e. The van der Waals surface area contributed by atoms with Crippen molar-refractivity contribution in [3.63, 3.8) is 0 Å². The van der Waals surface area contributed by atoms with E-state index in [1.807, 2.05) is 28.8 Å². The molecule has 0 radical (unpaired) electrons. The lowest BCUT2D eigenvalue weighted by atomic mass is 10.1. The molecule has 162 valence electrons. The van der Waals surface area contributed by atoms with Gasteiger partial charge in [-0.15, -0.1) is 0 Å². The molecule has 0 bridgehead atoms. The van der Waals surface area contributed by atoms with Crippen molar-refractivity contribution < 1.29 is 13.9 Å². The monoisotopic (exact) mass is 432 g/mol. The van der Waals surface area contributed by atoms with Crippen LogP contribution in [-0.2, 0) is 24.4 Å². The average Bonchev–Trinajstić information content (AvgIpc) is 3.38. The van der Waals surface area contributed by atoms with Gasteiger partial charge in [0.25, 0.3) is 0 Å². The Balaban J connectivity index is 1.28. The molecule has 0 unspecified atom stereocenters. The normalized spacial score (nSPS) is 12.7. The van der Waals surface area contributed by atoms with Crippen LogP contribution in [0.1, 0.15) is 16.8 Å². The molecule has 0 spiro atoms. The molecule has 4 aromatic rings. The van der Waals surface area contributed by atoms with E-state index >= 15 is 0 Å². The van der Waals surface area contributed by atoms with E-state index in [2.05, 4.69) is 20.6 Å². The van der Waals surface area contributed by atoms with Crippen LogP contribution in [0.25, 0.3) is 16.7 Å². The minimum absolute atomic E-state index is 0.275. The van der Waals surface area contributed by atoms with Crippen LogP contribution >= 0.6 is 0 Å². The molecule has 0 saturated heterocycles. The van der Waals surface area contributed by atoms with Crippen LogP contribution in [0.5, 0.6) is 0 Å². The van der Waals surface area contributed by atoms with Crippen molar-refractivity contribution in [3.8, 4) is 5.69 Å². The zero-order valence-corrected chi connectivity index (χ0v) is 17.1. The molecular formula is C23H21FN6O2. The summed E-state index contributed by atoms with van der Waals surface area (Å²) in [6.45, 7) is 1.41. The predicted octanol–water partition coefficient (Wildman–Crippen LogP) is 3.54. The van der Waals surface area contributed by atoms with Crippen LogP contribution < -0.4 is 16.4 Å². The number of nitrogens with one attached hydrogen (secondary N) is 2. The largest absolute Gasteiger partial charge is 0.382 e. The highest BCUT2D eigenvalue weighted by Gasteiger charge is 2.25. The number of carbonyl (C=O) groups is 1. The Morgan fingerprint density at radius 3 is 2.66 bits per heavy atom. The van der Waals surface area contributed by atoms with Gasteiger partial charge < -0.3 is 25.7 Å². The summed E-state index contributed by atoms with van der Waals surface area (Å²) in [6, 6.07) is 13.4. The quantitative estimate of drug-likeness (QED) is 0.447. The third-order valence-corrected chi connectivity index (χ3v) is 5.46. The first-order valence-electron chi connectivity index (χ1n) is 10.2. The van der Waals surface area contributed by atoms with Gasteiger partial charge in [0.2, 0.25) is 0 Å². The molecule has 4 N–H and O–H groups in total. The predicted molar refractivity (Wildman–Crippen MR) is 119 cm³/mol. The molecule has 0 fully saturated rings. The number of halogens is 1. The zero-order valence-electron chi connectivity index (χ0n) is 17.1. The summed E-state index contributed by atoms with van der Waals surface area (Å²) in [4.78, 5) is 20.7. The van der Waals surface area contributed by atoms with Gasteiger partial charge in [-0.1, -0.05) is 12.1 Å². The van der Waals surface area contributed by atoms with E-state index in [1.54, 1.807) is 12.1 Å². The number of hydrogen-bond acceptors (Lipinski definition) is 5. The zero-order chi connectivity index (χ0) is 22.1. The van der Waals surface area contributed by atoms with Crippen LogP contribution in [-0.4, -0.2) is 27.1 Å². The fraction of sp³-hybridized carbons (Fsp3) is 0.174. The van der Waals surface area contributed by atoms with E-state index in [-0.39, 0.29) is 11.8 Å². The molecule has 0 atom stereocenters. The molecule has 8 nitrogen and oxygen atoms in total. The first-order chi connectivity index (χ1) is 15.6. The minimum atomic E-state index is -0.307. The Hall–Kier alpha value is -3.98. The standard InChI is InChI=1S/C23H21FN6O2/c24-15-3-1-14(2-4-15)9-10-26-23(31)29-16-5-7-17(8-6-16)30-19-12-32-11-18(19)20-21(30)22(25)28-13-27-20/h1-8,13H,9-12H2,(H2,25,27,28)(H2,26,29,31). The number of rotatable bonds is 5. The first kappa shape index (κ1) is 20.0. The number of urea groups is 1. The van der Waals surface area contributed by atoms with E-state index in [9.17, 15) is 9.18 Å². The number of aromatic nitrogens is 3. The van der Waals surface area contributed by atoms with Crippen LogP contribution in [0.3, 0.4) is 0 Å². The maximum Gasteiger partial charge on any atom is 0.319 e. The second kappa shape index (κ2) is 8.27. The van der Waals surface area contributed by atoms with E-state index in [0.717, 1.165) is 33.5 Å². The third-order valence-electron chi connectivity index (χ3n) is 5.46. The second-order valence-electron chi connectivity index (χ2n) is 7.51. The van der Waals surface area contributed by atoms with Crippen LogP contribution in [0.4, 0.5) is 20.7 Å². The summed E-state index contributed by atoms with van der Waals surface area (Å²) in [5.41, 5.74) is 12.2. The fourth-order valence-electron chi connectivity index (χ4n) is 3.92. The summed E-state index contributed by atoms with van der Waals surface area (Å²) in [5.74, 6) is 0.135. The van der Waals surface area contributed by atoms with Crippen molar-refractivity contribution in [2.24, 2.45) is 0 Å². The van der Waals surface area contributed by atoms with Gasteiger partial charge in [-0.05, 0) is 48.4 Å². The lowest BCUT2D eigenvalue weighted by Gasteiger charge is -2.12. The van der Waals surface area contributed by atoms with Gasteiger partial charge in [0.1, 0.15) is 23.2 Å². The number of amides is 2. The Morgan fingerprint density at radius 2 is 1.88 bits per heavy atom. The lowest BCUT2D eigenvalue weighted by Crippen LogP contribution is -2.30. The highest BCUT2D eigenvalue weighted by atomic mass is 19.1. The number of hydrogen-bond donors (Lipinski definition) is 3. The second-order valence-corrected chi connectivity index (χ2v) is 7.51. The van der Waals surface area contributed by atoms with Crippen LogP contribution in [0.2, 0.25) is 0 Å². The Labute approximate surface area is 183 Å². The first-order valence-corrected chi connectivity index (χ1v) is 10.2. The Morgan fingerprint density at radius 1 is 1.09 bits per heavy atom. The van der Waals surface area contributed by atoms with E-state index < -0.39 is 0 Å². The molecule has 32 heavy (non-hydrogen) atoms. The number of nitrogen functional groups attached to an aromatic ring is 1. The third kappa shape index (κ3) is 3.74. The van der Waals surface area contributed by atoms with Crippen molar-refractivity contribution in [1.29, 1.82) is 0 Å². The van der Waals surface area contributed by atoms with Crippen molar-refractivity contribution in [2.75, 3.05) is 17.6 Å². The van der Waals surface area contributed by atoms with Gasteiger partial charge in [-0.25, -0.2) is 19.2 Å². The van der Waals surface area contributed by atoms with E-state index in [4.69, 9.17) is 10.5 Å². The molecular weight excluding hydrogens is 411 g/mol. The summed E-state index contributed by atoms with van der Waals surface area (Å²) in [5, 5.41) is 5.62. The van der Waals surface area contributed by atoms with E-state index in [1.165, 1.54) is 18.5 Å². The van der Waals surface area contributed by atoms with Gasteiger partial charge in [-0.3, -0.25) is 0 Å². The number of carbonyl (C=O) groups excluding carboxylic acids is 1. The Kier molecular flexibility index (Phi) is 5.16. The van der Waals surface area contributed by atoms with Crippen LogP contribution in [0, 0.1) is 5.82 Å². The van der Waals surface area contributed by atoms with Crippen molar-refractivity contribution in [2.45, 2.75) is 19.6 Å². The van der Waals surface area contributed by atoms with Crippen molar-refractivity contribution in [3.05, 3.63) is 77.5 Å². The summed E-state index contributed by atoms with van der Waals surface area (Å²) in [6.07, 6.45) is 2.08. The summed E-state index contributed by atoms with van der Waals surface area (Å²) in [7, 11) is 0. The van der Waals surface area contributed by atoms with Gasteiger partial charge in [0.05, 0.1) is 18.9 Å². The molecule has 2 aromatic heterocycles.